The maximum atomic E-state index is 10.6. The Bertz CT molecular complexity index is 529. The van der Waals surface area contributed by atoms with Crippen LogP contribution in [-0.2, 0) is 25.7 Å². The number of benzene rings is 1. The zero-order valence-electron chi connectivity index (χ0n) is 11.9. The number of rotatable bonds is 3. The summed E-state index contributed by atoms with van der Waals surface area (Å²) in [4.78, 5) is 40.2. The van der Waals surface area contributed by atoms with Crippen molar-refractivity contribution >= 4 is 23.5 Å². The molecule has 1 aromatic carbocycles. The quantitative estimate of drug-likeness (QED) is 0.389. The van der Waals surface area contributed by atoms with E-state index in [0.29, 0.717) is 6.54 Å². The third kappa shape index (κ3) is 9.77. The maximum Gasteiger partial charge on any atom is 0.310 e. The van der Waals surface area contributed by atoms with Crippen LogP contribution < -0.4 is 5.32 Å². The third-order valence-electron chi connectivity index (χ3n) is 1.95. The number of amides is 1. The second kappa shape index (κ2) is 9.18. The highest BCUT2D eigenvalue weighted by molar-refractivity contribution is 5.82. The van der Waals surface area contributed by atoms with Crippen LogP contribution in [0.4, 0.5) is 5.69 Å². The first-order valence-corrected chi connectivity index (χ1v) is 5.89. The van der Waals surface area contributed by atoms with E-state index in [1.807, 2.05) is 0 Å². The van der Waals surface area contributed by atoms with Gasteiger partial charge in [0.05, 0.1) is 4.92 Å². The van der Waals surface area contributed by atoms with Crippen molar-refractivity contribution in [3.05, 3.63) is 39.9 Å². The Balaban J connectivity index is 0.000000486. The fourth-order valence-corrected chi connectivity index (χ4v) is 1.21. The van der Waals surface area contributed by atoms with Crippen LogP contribution in [0.2, 0.25) is 0 Å². The van der Waals surface area contributed by atoms with Gasteiger partial charge in [0.2, 0.25) is 5.91 Å². The molecule has 0 saturated heterocycles. The number of hydrogen-bond acceptors (Lipinski definition) is 6. The molecule has 114 valence electrons. The van der Waals surface area contributed by atoms with Crippen molar-refractivity contribution in [3.63, 3.8) is 0 Å². The highest BCUT2D eigenvalue weighted by atomic mass is 16.6. The van der Waals surface area contributed by atoms with Gasteiger partial charge in [-0.1, -0.05) is 12.1 Å². The summed E-state index contributed by atoms with van der Waals surface area (Å²) < 4.78 is 3.97. The molecule has 0 heterocycles. The Morgan fingerprint density at radius 3 is 2.14 bits per heavy atom. The van der Waals surface area contributed by atoms with Crippen LogP contribution in [0.15, 0.2) is 24.3 Å². The van der Waals surface area contributed by atoms with Crippen molar-refractivity contribution in [1.29, 1.82) is 0 Å². The van der Waals surface area contributed by atoms with Crippen molar-refractivity contribution in [1.82, 2.24) is 5.32 Å². The first kappa shape index (κ1) is 18.2. The van der Waals surface area contributed by atoms with E-state index in [2.05, 4.69) is 10.1 Å². The molecule has 8 nitrogen and oxygen atoms in total. The van der Waals surface area contributed by atoms with Gasteiger partial charge in [-0.3, -0.25) is 24.5 Å². The summed E-state index contributed by atoms with van der Waals surface area (Å²) in [5.41, 5.74) is 0.752. The normalized spacial score (nSPS) is 8.90. The first-order valence-electron chi connectivity index (χ1n) is 5.89. The molecule has 0 aliphatic carbocycles. The second-order valence-corrected chi connectivity index (χ2v) is 3.92. The number of ether oxygens (including phenoxy) is 1. The van der Waals surface area contributed by atoms with Gasteiger partial charge >= 0.3 is 11.9 Å². The Hall–Kier alpha value is -2.77. The van der Waals surface area contributed by atoms with Crippen LogP contribution in [0.5, 0.6) is 0 Å². The molecule has 1 amide bonds. The maximum absolute atomic E-state index is 10.6. The van der Waals surface area contributed by atoms with Gasteiger partial charge in [0.25, 0.3) is 5.69 Å². The molecule has 0 aromatic heterocycles. The number of hydrogen-bond donors (Lipinski definition) is 1. The van der Waals surface area contributed by atoms with E-state index in [1.165, 1.54) is 32.9 Å². The zero-order chi connectivity index (χ0) is 16.4. The summed E-state index contributed by atoms with van der Waals surface area (Å²) in [7, 11) is 0. The van der Waals surface area contributed by atoms with E-state index in [9.17, 15) is 24.5 Å². The lowest BCUT2D eigenvalue weighted by atomic mass is 10.2. The largest absolute Gasteiger partial charge is 0.394 e. The number of carbonyl (C=O) groups is 3. The lowest BCUT2D eigenvalue weighted by Crippen LogP contribution is -2.18. The van der Waals surface area contributed by atoms with Crippen LogP contribution in [-0.4, -0.2) is 22.8 Å². The van der Waals surface area contributed by atoms with Crippen molar-refractivity contribution in [2.24, 2.45) is 0 Å². The van der Waals surface area contributed by atoms with E-state index in [4.69, 9.17) is 0 Å². The molecule has 1 rings (SSSR count). The molecule has 1 N–H and O–H groups in total. The fraction of sp³-hybridized carbons (Fsp3) is 0.308. The predicted molar refractivity (Wildman–Crippen MR) is 73.1 cm³/mol. The molecule has 0 aliphatic rings. The minimum Gasteiger partial charge on any atom is -0.394 e. The average molecular weight is 296 g/mol. The predicted octanol–water partition coefficient (Wildman–Crippen LogP) is 1.33. The van der Waals surface area contributed by atoms with Crippen LogP contribution >= 0.6 is 0 Å². The highest BCUT2D eigenvalue weighted by Crippen LogP contribution is 2.12. The summed E-state index contributed by atoms with van der Waals surface area (Å²) in [5.74, 6) is -1.28. The number of nitro benzene ring substituents is 1. The fourth-order valence-electron chi connectivity index (χ4n) is 1.21. The molecule has 21 heavy (non-hydrogen) atoms. The van der Waals surface area contributed by atoms with Gasteiger partial charge in [0, 0.05) is 39.4 Å². The molecule has 0 atom stereocenters. The highest BCUT2D eigenvalue weighted by Gasteiger charge is 2.05. The first-order chi connectivity index (χ1) is 9.72. The lowest BCUT2D eigenvalue weighted by Gasteiger charge is -2.01. The molecule has 0 unspecified atom stereocenters. The topological polar surface area (TPSA) is 116 Å². The molecule has 0 radical (unpaired) electrons. The monoisotopic (exact) mass is 296 g/mol. The van der Waals surface area contributed by atoms with Gasteiger partial charge in [0.15, 0.2) is 0 Å². The molecular formula is C13H16N2O6. The summed E-state index contributed by atoms with van der Waals surface area (Å²) in [6.45, 7) is 4.08. The Morgan fingerprint density at radius 1 is 1.19 bits per heavy atom. The van der Waals surface area contributed by atoms with Crippen LogP contribution in [0.25, 0.3) is 0 Å². The Labute approximate surface area is 121 Å². The van der Waals surface area contributed by atoms with E-state index < -0.39 is 16.9 Å². The van der Waals surface area contributed by atoms with Crippen molar-refractivity contribution in [2.45, 2.75) is 27.3 Å². The number of non-ortho nitro benzene ring substituents is 1. The number of nitrogens with zero attached hydrogens (tertiary/aromatic N) is 1. The van der Waals surface area contributed by atoms with Gasteiger partial charge in [-0.05, 0) is 5.56 Å². The smallest absolute Gasteiger partial charge is 0.310 e. The SMILES string of the molecule is CC(=O)NCc1cccc([N+](=O)[O-])c1.CC(=O)OC(C)=O. The number of carbonyl (C=O) groups excluding carboxylic acids is 3. The molecule has 8 heteroatoms. The standard InChI is InChI=1S/C9H10N2O3.C4H6O3/c1-7(12)10-6-8-3-2-4-9(5-8)11(13)14;1-3(5)7-4(2)6/h2-5H,6H2,1H3,(H,10,12);1-2H3. The average Bonchev–Trinajstić information content (AvgIpc) is 2.35. The molecule has 1 aromatic rings. The molecule has 0 aliphatic heterocycles. The lowest BCUT2D eigenvalue weighted by molar-refractivity contribution is -0.384. The number of nitrogens with one attached hydrogen (secondary N) is 1. The third-order valence-corrected chi connectivity index (χ3v) is 1.95. The summed E-state index contributed by atoms with van der Waals surface area (Å²) in [5, 5.41) is 13.0. The van der Waals surface area contributed by atoms with Crippen molar-refractivity contribution in [2.75, 3.05) is 0 Å². The van der Waals surface area contributed by atoms with Gasteiger partial charge in [-0.25, -0.2) is 0 Å². The van der Waals surface area contributed by atoms with Gasteiger partial charge in [-0.15, -0.1) is 0 Å². The molecular weight excluding hydrogens is 280 g/mol. The van der Waals surface area contributed by atoms with E-state index in [-0.39, 0.29) is 11.6 Å². The van der Waals surface area contributed by atoms with E-state index in [1.54, 1.807) is 12.1 Å². The van der Waals surface area contributed by atoms with E-state index >= 15 is 0 Å². The molecule has 0 saturated carbocycles. The van der Waals surface area contributed by atoms with Crippen molar-refractivity contribution in [3.8, 4) is 0 Å². The second-order valence-electron chi connectivity index (χ2n) is 3.92. The molecule has 0 bridgehead atoms. The summed E-state index contributed by atoms with van der Waals surface area (Å²) in [6.07, 6.45) is 0. The zero-order valence-corrected chi connectivity index (χ0v) is 11.9. The van der Waals surface area contributed by atoms with Gasteiger partial charge in [-0.2, -0.15) is 0 Å². The Kier molecular flexibility index (Phi) is 7.97. The van der Waals surface area contributed by atoms with Gasteiger partial charge < -0.3 is 10.1 Å². The minimum atomic E-state index is -0.562. The number of nitro groups is 1. The van der Waals surface area contributed by atoms with Crippen LogP contribution in [0.3, 0.4) is 0 Å². The summed E-state index contributed by atoms with van der Waals surface area (Å²) >= 11 is 0. The minimum absolute atomic E-state index is 0.0350. The Morgan fingerprint density at radius 2 is 1.76 bits per heavy atom. The summed E-state index contributed by atoms with van der Waals surface area (Å²) in [6, 6.07) is 6.17. The van der Waals surface area contributed by atoms with Crippen LogP contribution in [0, 0.1) is 10.1 Å². The molecule has 0 spiro atoms. The van der Waals surface area contributed by atoms with Crippen molar-refractivity contribution < 1.29 is 24.0 Å². The van der Waals surface area contributed by atoms with E-state index in [0.717, 1.165) is 5.56 Å². The van der Waals surface area contributed by atoms with Crippen LogP contribution in [0.1, 0.15) is 26.3 Å². The molecule has 0 fully saturated rings. The number of esters is 2. The van der Waals surface area contributed by atoms with Gasteiger partial charge in [0.1, 0.15) is 0 Å².